The van der Waals surface area contributed by atoms with E-state index in [-0.39, 0.29) is 36.9 Å². The van der Waals surface area contributed by atoms with E-state index in [0.29, 0.717) is 23.0 Å². The molecule has 1 aromatic carbocycles. The monoisotopic (exact) mass is 422 g/mol. The van der Waals surface area contributed by atoms with Crippen molar-refractivity contribution in [3.63, 3.8) is 0 Å². The molecule has 6 nitrogen and oxygen atoms in total. The van der Waals surface area contributed by atoms with Crippen LogP contribution in [-0.4, -0.2) is 41.4 Å². The summed E-state index contributed by atoms with van der Waals surface area (Å²) in [6.45, 7) is 1.52. The van der Waals surface area contributed by atoms with Crippen molar-refractivity contribution >= 4 is 50.7 Å². The van der Waals surface area contributed by atoms with E-state index in [2.05, 4.69) is 5.32 Å². The topological polar surface area (TPSA) is 75.7 Å². The minimum absolute atomic E-state index is 0.133. The summed E-state index contributed by atoms with van der Waals surface area (Å²) in [5.41, 5.74) is 1.23. The molecule has 3 rings (SSSR count). The quantitative estimate of drug-likeness (QED) is 0.407. The number of carbonyl (C=O) groups excluding carboxylic acids is 3. The van der Waals surface area contributed by atoms with Crippen LogP contribution in [0, 0.1) is 0 Å². The van der Waals surface area contributed by atoms with Crippen LogP contribution in [0.5, 0.6) is 0 Å². The van der Waals surface area contributed by atoms with E-state index in [1.807, 2.05) is 34.6 Å². The third-order valence-corrected chi connectivity index (χ3v) is 7.88. The van der Waals surface area contributed by atoms with Gasteiger partial charge in [-0.2, -0.15) is 0 Å². The lowest BCUT2D eigenvalue weighted by atomic mass is 10.1. The standard InChI is InChI=1S/C20H26N2O4S2/c1-14-12-18(23)21-16-7-3-4-8-17(16)22(14)19(24)13-26-20(25)9-5-2-6-15-10-11-27-28-15/h3-4,7-8,14-15H,2,5-6,9-13H2,1H3,(H,21,23)/t14-,15-/m1/s1. The summed E-state index contributed by atoms with van der Waals surface area (Å²) in [5, 5.41) is 3.53. The Morgan fingerprint density at radius 2 is 2.11 bits per heavy atom. The third-order valence-electron chi connectivity index (χ3n) is 4.87. The van der Waals surface area contributed by atoms with E-state index in [1.165, 1.54) is 12.2 Å². The van der Waals surface area contributed by atoms with Gasteiger partial charge in [0.1, 0.15) is 0 Å². The Labute approximate surface area is 173 Å². The first-order valence-electron chi connectivity index (χ1n) is 9.69. The Kier molecular flexibility index (Phi) is 7.67. The van der Waals surface area contributed by atoms with Crippen LogP contribution >= 0.6 is 21.6 Å². The smallest absolute Gasteiger partial charge is 0.306 e. The SMILES string of the molecule is C[C@@H]1CC(=O)Nc2ccccc2N1C(=O)COC(=O)CCCC[C@@H]1CCSS1. The van der Waals surface area contributed by atoms with Crippen LogP contribution in [0.1, 0.15) is 45.4 Å². The molecule has 0 saturated carbocycles. The van der Waals surface area contributed by atoms with Crippen molar-refractivity contribution in [2.24, 2.45) is 0 Å². The maximum atomic E-state index is 12.7. The minimum atomic E-state index is -0.341. The molecule has 2 aliphatic heterocycles. The molecule has 0 unspecified atom stereocenters. The number of hydrogen-bond donors (Lipinski definition) is 1. The van der Waals surface area contributed by atoms with Gasteiger partial charge in [0.05, 0.1) is 11.4 Å². The second-order valence-corrected chi connectivity index (χ2v) is 9.91. The lowest BCUT2D eigenvalue weighted by Crippen LogP contribution is -2.41. The molecule has 28 heavy (non-hydrogen) atoms. The summed E-state index contributed by atoms with van der Waals surface area (Å²) in [7, 11) is 3.87. The largest absolute Gasteiger partial charge is 0.456 e. The van der Waals surface area contributed by atoms with Crippen molar-refractivity contribution < 1.29 is 19.1 Å². The molecule has 0 aromatic heterocycles. The number of nitrogens with one attached hydrogen (secondary N) is 1. The number of para-hydroxylation sites is 2. The van der Waals surface area contributed by atoms with E-state index in [9.17, 15) is 14.4 Å². The minimum Gasteiger partial charge on any atom is -0.456 e. The van der Waals surface area contributed by atoms with Gasteiger partial charge in [-0.25, -0.2) is 0 Å². The van der Waals surface area contributed by atoms with Gasteiger partial charge >= 0.3 is 5.97 Å². The molecule has 8 heteroatoms. The second kappa shape index (κ2) is 10.2. The number of nitrogens with zero attached hydrogens (tertiary/aromatic N) is 1. The van der Waals surface area contributed by atoms with Crippen LogP contribution in [0.25, 0.3) is 0 Å². The molecule has 0 bridgehead atoms. The van der Waals surface area contributed by atoms with E-state index in [4.69, 9.17) is 4.74 Å². The van der Waals surface area contributed by atoms with Gasteiger partial charge in [-0.15, -0.1) is 0 Å². The number of fused-ring (bicyclic) bond motifs is 1. The summed E-state index contributed by atoms with van der Waals surface area (Å²) in [4.78, 5) is 38.3. The van der Waals surface area contributed by atoms with Gasteiger partial charge in [-0.1, -0.05) is 40.1 Å². The van der Waals surface area contributed by atoms with Crippen molar-refractivity contribution in [1.29, 1.82) is 0 Å². The molecular weight excluding hydrogens is 396 g/mol. The van der Waals surface area contributed by atoms with Gasteiger partial charge in [0.25, 0.3) is 5.91 Å². The predicted molar refractivity (Wildman–Crippen MR) is 115 cm³/mol. The van der Waals surface area contributed by atoms with Crippen molar-refractivity contribution in [3.8, 4) is 0 Å². The number of esters is 1. The zero-order valence-electron chi connectivity index (χ0n) is 16.0. The van der Waals surface area contributed by atoms with Crippen LogP contribution in [0.15, 0.2) is 24.3 Å². The lowest BCUT2D eigenvalue weighted by molar-refractivity contribution is -0.148. The van der Waals surface area contributed by atoms with Gasteiger partial charge in [-0.3, -0.25) is 14.4 Å². The van der Waals surface area contributed by atoms with Gasteiger partial charge in [0, 0.05) is 29.9 Å². The number of benzene rings is 1. The highest BCUT2D eigenvalue weighted by Crippen LogP contribution is 2.39. The lowest BCUT2D eigenvalue weighted by Gasteiger charge is -2.27. The first-order chi connectivity index (χ1) is 13.5. The van der Waals surface area contributed by atoms with Crippen LogP contribution in [0.2, 0.25) is 0 Å². The zero-order valence-corrected chi connectivity index (χ0v) is 17.7. The molecule has 2 heterocycles. The Balaban J connectivity index is 1.48. The Bertz CT molecular complexity index is 722. The number of unbranched alkanes of at least 4 members (excludes halogenated alkanes) is 1. The van der Waals surface area contributed by atoms with E-state index >= 15 is 0 Å². The maximum absolute atomic E-state index is 12.7. The first-order valence-corrected chi connectivity index (χ1v) is 12.1. The number of amides is 2. The van der Waals surface area contributed by atoms with Gasteiger partial charge in [0.2, 0.25) is 5.91 Å². The third kappa shape index (κ3) is 5.67. The molecule has 2 aliphatic rings. The number of hydrogen-bond acceptors (Lipinski definition) is 6. The molecule has 152 valence electrons. The fourth-order valence-corrected chi connectivity index (χ4v) is 6.49. The van der Waals surface area contributed by atoms with Gasteiger partial charge in [-0.05, 0) is 38.3 Å². The summed E-state index contributed by atoms with van der Waals surface area (Å²) < 4.78 is 5.22. The maximum Gasteiger partial charge on any atom is 0.306 e. The summed E-state index contributed by atoms with van der Waals surface area (Å²) in [6, 6.07) is 6.86. The van der Waals surface area contributed by atoms with Gasteiger partial charge < -0.3 is 15.0 Å². The Morgan fingerprint density at radius 3 is 2.89 bits per heavy atom. The van der Waals surface area contributed by atoms with Crippen LogP contribution in [-0.2, 0) is 19.1 Å². The van der Waals surface area contributed by atoms with Crippen LogP contribution < -0.4 is 10.2 Å². The van der Waals surface area contributed by atoms with Crippen LogP contribution in [0.4, 0.5) is 11.4 Å². The molecule has 1 aromatic rings. The Hall–Kier alpha value is -1.67. The average molecular weight is 423 g/mol. The fourth-order valence-electron chi connectivity index (χ4n) is 3.46. The molecule has 1 N–H and O–H groups in total. The van der Waals surface area contributed by atoms with Crippen LogP contribution in [0.3, 0.4) is 0 Å². The first kappa shape index (κ1) is 21.0. The second-order valence-electron chi connectivity index (χ2n) is 7.12. The summed E-state index contributed by atoms with van der Waals surface area (Å²) in [5.74, 6) is 0.431. The number of anilines is 2. The Morgan fingerprint density at radius 1 is 1.29 bits per heavy atom. The van der Waals surface area contributed by atoms with Crippen molar-refractivity contribution in [1.82, 2.24) is 0 Å². The predicted octanol–water partition coefficient (Wildman–Crippen LogP) is 4.01. The number of rotatable bonds is 7. The molecule has 1 fully saturated rings. The van der Waals surface area contributed by atoms with E-state index < -0.39 is 0 Å². The highest BCUT2D eigenvalue weighted by Gasteiger charge is 2.30. The molecule has 1 saturated heterocycles. The van der Waals surface area contributed by atoms with E-state index in [0.717, 1.165) is 19.3 Å². The molecule has 2 atom stereocenters. The van der Waals surface area contributed by atoms with Crippen molar-refractivity contribution in [2.45, 2.75) is 56.7 Å². The number of carbonyl (C=O) groups is 3. The fraction of sp³-hybridized carbons (Fsp3) is 0.550. The molecular formula is C20H26N2O4S2. The highest BCUT2D eigenvalue weighted by atomic mass is 33.1. The molecule has 0 spiro atoms. The average Bonchev–Trinajstić information content (AvgIpc) is 3.14. The summed E-state index contributed by atoms with van der Waals surface area (Å²) in [6.07, 6.45) is 4.71. The van der Waals surface area contributed by atoms with Crippen molar-refractivity contribution in [2.75, 3.05) is 22.6 Å². The number of ether oxygens (including phenoxy) is 1. The molecule has 0 aliphatic carbocycles. The molecule has 2 amide bonds. The normalized spacial score (nSPS) is 21.6. The van der Waals surface area contributed by atoms with Gasteiger partial charge in [0.15, 0.2) is 6.61 Å². The zero-order chi connectivity index (χ0) is 19.9. The summed E-state index contributed by atoms with van der Waals surface area (Å²) >= 11 is 0. The molecule has 0 radical (unpaired) electrons. The highest BCUT2D eigenvalue weighted by molar-refractivity contribution is 8.77. The van der Waals surface area contributed by atoms with E-state index in [1.54, 1.807) is 23.1 Å². The van der Waals surface area contributed by atoms with Crippen molar-refractivity contribution in [3.05, 3.63) is 24.3 Å².